The van der Waals surface area contributed by atoms with Gasteiger partial charge in [-0.1, -0.05) is 77.4 Å². The van der Waals surface area contributed by atoms with Crippen LogP contribution in [0.15, 0.2) is 91.3 Å². The molecule has 4 rings (SSSR count). The molecule has 2 aromatic carbocycles. The third-order valence-corrected chi connectivity index (χ3v) is 5.31. The monoisotopic (exact) mass is 596 g/mol. The molecule has 2 aromatic heterocycles. The minimum atomic E-state index is -3.08. The molecule has 0 unspecified atom stereocenters. The number of nitrogens with zero attached hydrogens (tertiary/aromatic N) is 2. The Morgan fingerprint density at radius 2 is 1.08 bits per heavy atom. The molecule has 4 aromatic rings. The molecular weight excluding hydrogens is 564 g/mol. The van der Waals surface area contributed by atoms with Crippen molar-refractivity contribution in [1.82, 2.24) is 9.97 Å². The van der Waals surface area contributed by atoms with Crippen molar-refractivity contribution in [3.05, 3.63) is 115 Å². The maximum absolute atomic E-state index is 9.58. The molecular formula is C31H33F3N2Pd. The van der Waals surface area contributed by atoms with Crippen molar-refractivity contribution in [2.75, 3.05) is 0 Å². The molecule has 0 radical (unpaired) electrons. The van der Waals surface area contributed by atoms with Gasteiger partial charge in [0.05, 0.1) is 11.4 Å². The van der Waals surface area contributed by atoms with E-state index in [1.165, 1.54) is 16.7 Å². The molecule has 0 atom stereocenters. The minimum absolute atomic E-state index is 0. The van der Waals surface area contributed by atoms with Crippen LogP contribution in [0, 0.1) is 12.7 Å². The standard InChI is InChI=1S/C18H24N2.C12H9.CF3.Pd/c1-17(2,3)13-7-9-19-15(11-13)16-12-14(8-10-20-16)18(4,5)6;1-3-7-11(8-4-1)12-9-5-2-6-10-12;2-1(3)4;/h7-12H,1-6H3;1-9H;;/q;2*-1;+2. The fourth-order valence-corrected chi connectivity index (χ4v) is 3.26. The van der Waals surface area contributed by atoms with Gasteiger partial charge in [-0.3, -0.25) is 9.97 Å². The second kappa shape index (κ2) is 14.8. The molecule has 2 nitrogen and oxygen atoms in total. The predicted octanol–water partition coefficient (Wildman–Crippen LogP) is 9.23. The first-order valence-corrected chi connectivity index (χ1v) is 11.7. The van der Waals surface area contributed by atoms with Crippen molar-refractivity contribution in [2.45, 2.75) is 52.4 Å². The first-order chi connectivity index (χ1) is 16.9. The Morgan fingerprint density at radius 3 is 1.46 bits per heavy atom. The van der Waals surface area contributed by atoms with Crippen LogP contribution in [0.5, 0.6) is 0 Å². The Hall–Kier alpha value is -2.81. The second-order valence-electron chi connectivity index (χ2n) is 10.2. The van der Waals surface area contributed by atoms with Crippen molar-refractivity contribution in [3.63, 3.8) is 0 Å². The van der Waals surface area contributed by atoms with Crippen LogP contribution in [0.4, 0.5) is 13.2 Å². The van der Waals surface area contributed by atoms with Crippen LogP contribution in [0.2, 0.25) is 0 Å². The summed E-state index contributed by atoms with van der Waals surface area (Å²) in [5.74, 6) is 0. The van der Waals surface area contributed by atoms with Crippen LogP contribution in [0.25, 0.3) is 22.5 Å². The van der Waals surface area contributed by atoms with Crippen molar-refractivity contribution in [2.24, 2.45) is 0 Å². The number of benzene rings is 2. The molecule has 0 aliphatic heterocycles. The number of halogens is 3. The molecule has 0 fully saturated rings. The van der Waals surface area contributed by atoms with Crippen LogP contribution in [0.3, 0.4) is 0 Å². The van der Waals surface area contributed by atoms with Gasteiger partial charge in [0.1, 0.15) is 0 Å². The summed E-state index contributed by atoms with van der Waals surface area (Å²) in [5.41, 5.74) is 7.08. The number of hydrogen-bond donors (Lipinski definition) is 0. The first-order valence-electron chi connectivity index (χ1n) is 11.7. The Kier molecular flexibility index (Phi) is 12.9. The van der Waals surface area contributed by atoms with Crippen molar-refractivity contribution < 1.29 is 33.6 Å². The van der Waals surface area contributed by atoms with Crippen LogP contribution in [-0.2, 0) is 31.3 Å². The molecule has 0 amide bonds. The zero-order chi connectivity index (χ0) is 26.8. The topological polar surface area (TPSA) is 25.8 Å². The summed E-state index contributed by atoms with van der Waals surface area (Å²) >= 11 is 0. The van der Waals surface area contributed by atoms with Crippen molar-refractivity contribution in [1.29, 1.82) is 0 Å². The average Bonchev–Trinajstić information content (AvgIpc) is 2.84. The quantitative estimate of drug-likeness (QED) is 0.170. The van der Waals surface area contributed by atoms with E-state index in [0.29, 0.717) is 0 Å². The van der Waals surface area contributed by atoms with E-state index in [0.717, 1.165) is 17.0 Å². The summed E-state index contributed by atoms with van der Waals surface area (Å²) in [7, 11) is 0. The van der Waals surface area contributed by atoms with Crippen molar-refractivity contribution in [3.8, 4) is 22.5 Å². The Balaban J connectivity index is 0.000000342. The summed E-state index contributed by atoms with van der Waals surface area (Å²) in [4.78, 5) is 8.97. The van der Waals surface area contributed by atoms with Gasteiger partial charge in [-0.15, -0.1) is 35.9 Å². The smallest absolute Gasteiger partial charge is 0.385 e. The molecule has 0 saturated heterocycles. The zero-order valence-corrected chi connectivity index (χ0v) is 23.6. The molecule has 0 spiro atoms. The predicted molar refractivity (Wildman–Crippen MR) is 142 cm³/mol. The largest absolute Gasteiger partial charge is 2.00 e. The van der Waals surface area contributed by atoms with Gasteiger partial charge >= 0.3 is 20.4 Å². The molecule has 2 heterocycles. The number of aromatic nitrogens is 2. The van der Waals surface area contributed by atoms with Gasteiger partial charge in [0.25, 0.3) is 0 Å². The van der Waals surface area contributed by atoms with Gasteiger partial charge in [-0.2, -0.15) is 0 Å². The van der Waals surface area contributed by atoms with E-state index in [1.54, 1.807) is 0 Å². The average molecular weight is 597 g/mol. The SMILES string of the molecule is CC(C)(C)c1ccnc(-c2cc(C(C)(C)C)ccn2)c1.F[C-](F)F.[Pd+2].[c-]1ccccc1-c1ccccc1. The minimum Gasteiger partial charge on any atom is -0.385 e. The Morgan fingerprint density at radius 1 is 0.649 bits per heavy atom. The van der Waals surface area contributed by atoms with Crippen molar-refractivity contribution >= 4 is 0 Å². The second-order valence-corrected chi connectivity index (χ2v) is 10.2. The third-order valence-electron chi connectivity index (χ3n) is 5.31. The Labute approximate surface area is 233 Å². The summed E-state index contributed by atoms with van der Waals surface area (Å²) in [6.45, 7) is 10.2. The van der Waals surface area contributed by atoms with Gasteiger partial charge < -0.3 is 13.2 Å². The number of rotatable bonds is 2. The normalized spacial score (nSPS) is 10.9. The third kappa shape index (κ3) is 11.4. The van der Waals surface area contributed by atoms with E-state index in [-0.39, 0.29) is 31.3 Å². The summed E-state index contributed by atoms with van der Waals surface area (Å²) < 4.78 is 28.8. The van der Waals surface area contributed by atoms with Crippen LogP contribution in [0.1, 0.15) is 52.7 Å². The maximum Gasteiger partial charge on any atom is 2.00 e. The van der Waals surface area contributed by atoms with E-state index in [1.807, 2.05) is 48.8 Å². The van der Waals surface area contributed by atoms with E-state index >= 15 is 0 Å². The summed E-state index contributed by atoms with van der Waals surface area (Å²) in [6.07, 6.45) is 3.75. The molecule has 198 valence electrons. The maximum atomic E-state index is 9.58. The molecule has 6 heteroatoms. The molecule has 0 N–H and O–H groups in total. The fraction of sp³-hybridized carbons (Fsp3) is 0.258. The molecule has 0 aliphatic carbocycles. The van der Waals surface area contributed by atoms with Gasteiger partial charge in [0, 0.05) is 12.4 Å². The van der Waals surface area contributed by atoms with E-state index in [2.05, 4.69) is 100 Å². The summed E-state index contributed by atoms with van der Waals surface area (Å²) in [5, 5.41) is 0. The van der Waals surface area contributed by atoms with Gasteiger partial charge in [-0.05, 0) is 46.2 Å². The number of hydrogen-bond acceptors (Lipinski definition) is 2. The van der Waals surface area contributed by atoms with E-state index < -0.39 is 6.68 Å². The van der Waals surface area contributed by atoms with Crippen LogP contribution >= 0.6 is 0 Å². The van der Waals surface area contributed by atoms with Crippen LogP contribution < -0.4 is 0 Å². The molecule has 0 bridgehead atoms. The Bertz CT molecular complexity index is 1090. The van der Waals surface area contributed by atoms with E-state index in [4.69, 9.17) is 0 Å². The first kappa shape index (κ1) is 32.2. The van der Waals surface area contributed by atoms with Gasteiger partial charge in [0.15, 0.2) is 6.68 Å². The van der Waals surface area contributed by atoms with Gasteiger partial charge in [-0.25, -0.2) is 0 Å². The van der Waals surface area contributed by atoms with Gasteiger partial charge in [0.2, 0.25) is 0 Å². The molecule has 37 heavy (non-hydrogen) atoms. The molecule has 0 saturated carbocycles. The fourth-order valence-electron chi connectivity index (χ4n) is 3.26. The molecule has 0 aliphatic rings. The van der Waals surface area contributed by atoms with Crippen LogP contribution in [-0.4, -0.2) is 9.97 Å². The van der Waals surface area contributed by atoms with E-state index in [9.17, 15) is 13.2 Å². The summed E-state index contributed by atoms with van der Waals surface area (Å²) in [6, 6.07) is 29.9. The number of pyridine rings is 2. The zero-order valence-electron chi connectivity index (χ0n) is 22.0.